The first-order valence-corrected chi connectivity index (χ1v) is 9.83. The molecule has 0 spiro atoms. The average molecular weight is 484 g/mol. The SMILES string of the molecule is O=C(Nc1ccc(Br)cc1Br)C1CCCN(C(=O)c2ccc(F)cc2)C1. The molecular weight excluding hydrogens is 467 g/mol. The molecular formula is C19H17Br2FN2O2. The number of nitrogens with one attached hydrogen (secondary N) is 1. The van der Waals surface area contributed by atoms with Crippen LogP contribution in [0.25, 0.3) is 0 Å². The van der Waals surface area contributed by atoms with Crippen molar-refractivity contribution in [2.45, 2.75) is 12.8 Å². The van der Waals surface area contributed by atoms with E-state index in [4.69, 9.17) is 0 Å². The predicted octanol–water partition coefficient (Wildman–Crippen LogP) is 4.84. The molecule has 0 radical (unpaired) electrons. The molecule has 0 saturated carbocycles. The molecule has 26 heavy (non-hydrogen) atoms. The van der Waals surface area contributed by atoms with E-state index in [1.807, 2.05) is 18.2 Å². The molecule has 3 rings (SSSR count). The molecule has 1 N–H and O–H groups in total. The number of piperidine rings is 1. The van der Waals surface area contributed by atoms with Gasteiger partial charge in [-0.25, -0.2) is 4.39 Å². The van der Waals surface area contributed by atoms with Gasteiger partial charge in [0.25, 0.3) is 5.91 Å². The molecule has 4 nitrogen and oxygen atoms in total. The van der Waals surface area contributed by atoms with Crippen molar-refractivity contribution in [3.8, 4) is 0 Å². The number of hydrogen-bond donors (Lipinski definition) is 1. The number of carbonyl (C=O) groups excluding carboxylic acids is 2. The number of anilines is 1. The number of amides is 2. The van der Waals surface area contributed by atoms with Gasteiger partial charge in [0, 0.05) is 27.6 Å². The smallest absolute Gasteiger partial charge is 0.253 e. The van der Waals surface area contributed by atoms with E-state index in [1.54, 1.807) is 4.90 Å². The molecule has 2 aromatic rings. The van der Waals surface area contributed by atoms with Crippen molar-refractivity contribution < 1.29 is 14.0 Å². The van der Waals surface area contributed by atoms with Crippen molar-refractivity contribution in [1.29, 1.82) is 0 Å². The maximum Gasteiger partial charge on any atom is 0.253 e. The first-order valence-electron chi connectivity index (χ1n) is 8.25. The van der Waals surface area contributed by atoms with Crippen molar-refractivity contribution in [3.63, 3.8) is 0 Å². The summed E-state index contributed by atoms with van der Waals surface area (Å²) in [5, 5.41) is 2.92. The summed E-state index contributed by atoms with van der Waals surface area (Å²) in [6.07, 6.45) is 1.49. The second kappa shape index (κ2) is 8.31. The van der Waals surface area contributed by atoms with Crippen LogP contribution in [0.15, 0.2) is 51.4 Å². The van der Waals surface area contributed by atoms with Crippen molar-refractivity contribution in [2.24, 2.45) is 5.92 Å². The standard InChI is InChI=1S/C19H17Br2FN2O2/c20-14-5-8-17(16(21)10-14)23-18(25)13-2-1-9-24(11-13)19(26)12-3-6-15(22)7-4-12/h3-8,10,13H,1-2,9,11H2,(H,23,25). The Kier molecular flexibility index (Phi) is 6.09. The van der Waals surface area contributed by atoms with Crippen molar-refractivity contribution in [2.75, 3.05) is 18.4 Å². The Hall–Kier alpha value is -1.73. The molecule has 2 aromatic carbocycles. The van der Waals surface area contributed by atoms with Crippen LogP contribution in [-0.4, -0.2) is 29.8 Å². The largest absolute Gasteiger partial charge is 0.338 e. The number of rotatable bonds is 3. The van der Waals surface area contributed by atoms with Crippen LogP contribution in [0, 0.1) is 11.7 Å². The quantitative estimate of drug-likeness (QED) is 0.678. The third-order valence-electron chi connectivity index (χ3n) is 4.36. The average Bonchev–Trinajstić information content (AvgIpc) is 2.64. The summed E-state index contributed by atoms with van der Waals surface area (Å²) < 4.78 is 14.7. The zero-order valence-corrected chi connectivity index (χ0v) is 17.0. The van der Waals surface area contributed by atoms with Gasteiger partial charge in [0.2, 0.25) is 5.91 Å². The summed E-state index contributed by atoms with van der Waals surface area (Å²) in [5.41, 5.74) is 1.13. The van der Waals surface area contributed by atoms with Crippen LogP contribution < -0.4 is 5.32 Å². The predicted molar refractivity (Wildman–Crippen MR) is 105 cm³/mol. The summed E-state index contributed by atoms with van der Waals surface area (Å²) in [6, 6.07) is 11.0. The first-order chi connectivity index (χ1) is 12.4. The van der Waals surface area contributed by atoms with E-state index in [2.05, 4.69) is 37.2 Å². The lowest BCUT2D eigenvalue weighted by molar-refractivity contribution is -0.121. The minimum absolute atomic E-state index is 0.107. The molecule has 1 unspecified atom stereocenters. The van der Waals surface area contributed by atoms with Crippen LogP contribution in [-0.2, 0) is 4.79 Å². The maximum atomic E-state index is 13.0. The number of likely N-dealkylation sites (tertiary alicyclic amines) is 1. The van der Waals surface area contributed by atoms with Gasteiger partial charge in [-0.1, -0.05) is 15.9 Å². The Morgan fingerprint density at radius 2 is 1.85 bits per heavy atom. The van der Waals surface area contributed by atoms with Crippen LogP contribution in [0.5, 0.6) is 0 Å². The molecule has 1 aliphatic rings. The van der Waals surface area contributed by atoms with Gasteiger partial charge in [-0.15, -0.1) is 0 Å². The van der Waals surface area contributed by atoms with Crippen molar-refractivity contribution in [1.82, 2.24) is 4.90 Å². The van der Waals surface area contributed by atoms with Gasteiger partial charge >= 0.3 is 0 Å². The third-order valence-corrected chi connectivity index (χ3v) is 5.51. The van der Waals surface area contributed by atoms with Gasteiger partial charge in [-0.2, -0.15) is 0 Å². The Bertz CT molecular complexity index is 827. The van der Waals surface area contributed by atoms with Crippen LogP contribution in [0.3, 0.4) is 0 Å². The fourth-order valence-corrected chi connectivity index (χ4v) is 4.12. The highest BCUT2D eigenvalue weighted by Crippen LogP contribution is 2.27. The lowest BCUT2D eigenvalue weighted by Gasteiger charge is -2.32. The second-order valence-electron chi connectivity index (χ2n) is 6.21. The Morgan fingerprint density at radius 3 is 2.54 bits per heavy atom. The molecule has 0 bridgehead atoms. The highest BCUT2D eigenvalue weighted by Gasteiger charge is 2.29. The van der Waals surface area contributed by atoms with E-state index in [1.165, 1.54) is 24.3 Å². The molecule has 1 fully saturated rings. The highest BCUT2D eigenvalue weighted by molar-refractivity contribution is 9.11. The van der Waals surface area contributed by atoms with E-state index in [9.17, 15) is 14.0 Å². The van der Waals surface area contributed by atoms with Crippen LogP contribution >= 0.6 is 31.9 Å². The lowest BCUT2D eigenvalue weighted by atomic mass is 9.96. The molecule has 136 valence electrons. The van der Waals surface area contributed by atoms with E-state index < -0.39 is 0 Å². The number of carbonyl (C=O) groups is 2. The van der Waals surface area contributed by atoms with E-state index in [-0.39, 0.29) is 23.5 Å². The van der Waals surface area contributed by atoms with Crippen LogP contribution in [0.2, 0.25) is 0 Å². The monoisotopic (exact) mass is 482 g/mol. The zero-order valence-electron chi connectivity index (χ0n) is 13.8. The first kappa shape index (κ1) is 19.0. The number of nitrogens with zero attached hydrogens (tertiary/aromatic N) is 1. The minimum atomic E-state index is -0.377. The molecule has 1 aliphatic heterocycles. The second-order valence-corrected chi connectivity index (χ2v) is 7.98. The molecule has 1 atom stereocenters. The highest BCUT2D eigenvalue weighted by atomic mass is 79.9. The fourth-order valence-electron chi connectivity index (χ4n) is 2.98. The summed E-state index contributed by atoms with van der Waals surface area (Å²) in [7, 11) is 0. The van der Waals surface area contributed by atoms with Crippen molar-refractivity contribution in [3.05, 3.63) is 62.8 Å². The van der Waals surface area contributed by atoms with Gasteiger partial charge in [-0.05, 0) is 71.2 Å². The van der Waals surface area contributed by atoms with Gasteiger partial charge in [0.1, 0.15) is 5.82 Å². The van der Waals surface area contributed by atoms with Crippen LogP contribution in [0.4, 0.5) is 10.1 Å². The molecule has 0 aliphatic carbocycles. The van der Waals surface area contributed by atoms with Gasteiger partial charge < -0.3 is 10.2 Å². The van der Waals surface area contributed by atoms with E-state index in [0.717, 1.165) is 21.8 Å². The van der Waals surface area contributed by atoms with Crippen LogP contribution in [0.1, 0.15) is 23.2 Å². The summed E-state index contributed by atoms with van der Waals surface area (Å²) in [4.78, 5) is 26.9. The van der Waals surface area contributed by atoms with E-state index >= 15 is 0 Å². The Balaban J connectivity index is 1.66. The molecule has 2 amide bonds. The van der Waals surface area contributed by atoms with Gasteiger partial charge in [-0.3, -0.25) is 9.59 Å². The summed E-state index contributed by atoms with van der Waals surface area (Å²) in [6.45, 7) is 0.957. The number of hydrogen-bond acceptors (Lipinski definition) is 2. The summed E-state index contributed by atoms with van der Waals surface area (Å²) >= 11 is 6.81. The number of benzene rings is 2. The zero-order chi connectivity index (χ0) is 18.7. The molecule has 0 aromatic heterocycles. The number of halogens is 3. The minimum Gasteiger partial charge on any atom is -0.338 e. The molecule has 7 heteroatoms. The van der Waals surface area contributed by atoms with Gasteiger partial charge in [0.05, 0.1) is 11.6 Å². The normalized spacial score (nSPS) is 17.0. The van der Waals surface area contributed by atoms with Crippen molar-refractivity contribution >= 4 is 49.4 Å². The van der Waals surface area contributed by atoms with E-state index in [0.29, 0.717) is 24.3 Å². The molecule has 1 heterocycles. The topological polar surface area (TPSA) is 49.4 Å². The Labute approximate surface area is 168 Å². The fraction of sp³-hybridized carbons (Fsp3) is 0.263. The molecule has 1 saturated heterocycles. The van der Waals surface area contributed by atoms with Gasteiger partial charge in [0.15, 0.2) is 0 Å². The third kappa shape index (κ3) is 4.51. The summed E-state index contributed by atoms with van der Waals surface area (Å²) in [5.74, 6) is -0.932. The maximum absolute atomic E-state index is 13.0. The lowest BCUT2D eigenvalue weighted by Crippen LogP contribution is -2.43. The Morgan fingerprint density at radius 1 is 1.12 bits per heavy atom.